The van der Waals surface area contributed by atoms with Crippen LogP contribution in [0.1, 0.15) is 22.8 Å². The molecule has 24 heavy (non-hydrogen) atoms. The molecule has 0 aliphatic rings. The lowest BCUT2D eigenvalue weighted by atomic mass is 10.1. The van der Waals surface area contributed by atoms with E-state index in [0.717, 1.165) is 16.5 Å². The van der Waals surface area contributed by atoms with E-state index in [2.05, 4.69) is 0 Å². The number of hydrogen-bond donors (Lipinski definition) is 3. The van der Waals surface area contributed by atoms with Crippen molar-refractivity contribution >= 4 is 11.0 Å². The standard InChI is InChI=1S/C19H19NO4/c1-12-16(21)8-7-15-14(9-18(23)24-19(12)15)10-20-11-17(22)13-5-3-2-4-6-13/h2-9,17,20-22H,10-11H2,1H3/p+1/t17-/m0/s1. The Kier molecular flexibility index (Phi) is 4.64. The number of aliphatic hydroxyl groups excluding tert-OH is 1. The van der Waals surface area contributed by atoms with Crippen LogP contribution in [0.4, 0.5) is 0 Å². The number of aliphatic hydroxyl groups is 1. The molecule has 0 bridgehead atoms. The highest BCUT2D eigenvalue weighted by molar-refractivity contribution is 5.84. The predicted octanol–water partition coefficient (Wildman–Crippen LogP) is 1.60. The number of aromatic hydroxyl groups is 1. The summed E-state index contributed by atoms with van der Waals surface area (Å²) in [6.45, 7) is 2.74. The normalized spacial score (nSPS) is 12.4. The topological polar surface area (TPSA) is 87.3 Å². The smallest absolute Gasteiger partial charge is 0.336 e. The maximum Gasteiger partial charge on any atom is 0.336 e. The summed E-state index contributed by atoms with van der Waals surface area (Å²) in [5, 5.41) is 22.7. The largest absolute Gasteiger partial charge is 0.508 e. The van der Waals surface area contributed by atoms with Gasteiger partial charge in [0.15, 0.2) is 0 Å². The molecule has 1 atom stereocenters. The lowest BCUT2D eigenvalue weighted by Gasteiger charge is -2.11. The molecular formula is C19H20NO4+. The zero-order valence-electron chi connectivity index (χ0n) is 13.4. The Balaban J connectivity index is 1.78. The average Bonchev–Trinajstić information content (AvgIpc) is 2.59. The van der Waals surface area contributed by atoms with Crippen LogP contribution in [-0.4, -0.2) is 16.8 Å². The van der Waals surface area contributed by atoms with Crippen molar-refractivity contribution in [2.24, 2.45) is 0 Å². The van der Waals surface area contributed by atoms with Crippen LogP contribution in [0.3, 0.4) is 0 Å². The summed E-state index contributed by atoms with van der Waals surface area (Å²) in [5.41, 5.74) is 2.21. The maximum absolute atomic E-state index is 11.8. The van der Waals surface area contributed by atoms with Crippen LogP contribution in [-0.2, 0) is 6.54 Å². The van der Waals surface area contributed by atoms with Crippen LogP contribution in [0, 0.1) is 6.92 Å². The number of fused-ring (bicyclic) bond motifs is 1. The van der Waals surface area contributed by atoms with Crippen molar-refractivity contribution in [2.45, 2.75) is 19.6 Å². The number of quaternary nitrogens is 1. The van der Waals surface area contributed by atoms with Gasteiger partial charge in [0.1, 0.15) is 30.5 Å². The Morgan fingerprint density at radius 2 is 1.92 bits per heavy atom. The molecule has 0 saturated heterocycles. The average molecular weight is 326 g/mol. The van der Waals surface area contributed by atoms with E-state index in [1.165, 1.54) is 6.07 Å². The first-order valence-corrected chi connectivity index (χ1v) is 7.86. The van der Waals surface area contributed by atoms with E-state index in [9.17, 15) is 15.0 Å². The van der Waals surface area contributed by atoms with Crippen LogP contribution in [0.15, 0.2) is 57.7 Å². The van der Waals surface area contributed by atoms with Crippen LogP contribution in [0.25, 0.3) is 11.0 Å². The minimum Gasteiger partial charge on any atom is -0.508 e. The molecule has 0 amide bonds. The van der Waals surface area contributed by atoms with Crippen molar-refractivity contribution in [1.29, 1.82) is 0 Å². The first-order valence-electron chi connectivity index (χ1n) is 7.86. The second kappa shape index (κ2) is 6.86. The van der Waals surface area contributed by atoms with Gasteiger partial charge in [-0.1, -0.05) is 30.3 Å². The van der Waals surface area contributed by atoms with Gasteiger partial charge in [-0.3, -0.25) is 0 Å². The third kappa shape index (κ3) is 3.32. The van der Waals surface area contributed by atoms with Gasteiger partial charge in [0, 0.05) is 22.6 Å². The quantitative estimate of drug-likeness (QED) is 0.622. The first-order chi connectivity index (χ1) is 11.6. The van der Waals surface area contributed by atoms with Gasteiger partial charge < -0.3 is 19.9 Å². The number of rotatable bonds is 5. The summed E-state index contributed by atoms with van der Waals surface area (Å²) in [4.78, 5) is 11.8. The highest BCUT2D eigenvalue weighted by atomic mass is 16.4. The molecule has 1 heterocycles. The summed E-state index contributed by atoms with van der Waals surface area (Å²) in [6.07, 6.45) is -0.566. The fraction of sp³-hybridized carbons (Fsp3) is 0.211. The SMILES string of the molecule is Cc1c(O)ccc2c(C[NH2+]C[C@H](O)c3ccccc3)cc(=O)oc12. The molecule has 2 aromatic carbocycles. The number of hydrogen-bond acceptors (Lipinski definition) is 4. The van der Waals surface area contributed by atoms with Crippen LogP contribution in [0.2, 0.25) is 0 Å². The number of phenolic OH excluding ortho intramolecular Hbond substituents is 1. The molecule has 3 rings (SSSR count). The third-order valence-electron chi connectivity index (χ3n) is 4.16. The van der Waals surface area contributed by atoms with E-state index in [1.54, 1.807) is 19.1 Å². The minimum atomic E-state index is -0.566. The molecule has 0 aliphatic heterocycles. The number of nitrogens with two attached hydrogens (primary N) is 1. The Labute approximate surface area is 139 Å². The van der Waals surface area contributed by atoms with Crippen LogP contribution in [0.5, 0.6) is 5.75 Å². The van der Waals surface area contributed by atoms with E-state index < -0.39 is 11.7 Å². The van der Waals surface area contributed by atoms with Crippen molar-refractivity contribution in [3.8, 4) is 5.75 Å². The van der Waals surface area contributed by atoms with Crippen molar-refractivity contribution in [3.05, 3.63) is 75.6 Å². The van der Waals surface area contributed by atoms with Gasteiger partial charge in [0.05, 0.1) is 0 Å². The Morgan fingerprint density at radius 1 is 1.17 bits per heavy atom. The van der Waals surface area contributed by atoms with E-state index >= 15 is 0 Å². The number of benzene rings is 2. The van der Waals surface area contributed by atoms with E-state index in [0.29, 0.717) is 24.2 Å². The van der Waals surface area contributed by atoms with Crippen molar-refractivity contribution in [2.75, 3.05) is 6.54 Å². The monoisotopic (exact) mass is 326 g/mol. The van der Waals surface area contributed by atoms with E-state index in [-0.39, 0.29) is 5.75 Å². The van der Waals surface area contributed by atoms with Gasteiger partial charge in [-0.05, 0) is 24.6 Å². The predicted molar refractivity (Wildman–Crippen MR) is 90.8 cm³/mol. The highest BCUT2D eigenvalue weighted by Crippen LogP contribution is 2.26. The van der Waals surface area contributed by atoms with Crippen LogP contribution < -0.4 is 10.9 Å². The third-order valence-corrected chi connectivity index (χ3v) is 4.16. The van der Waals surface area contributed by atoms with Crippen molar-refractivity contribution in [3.63, 3.8) is 0 Å². The lowest BCUT2D eigenvalue weighted by molar-refractivity contribution is -0.677. The van der Waals surface area contributed by atoms with Gasteiger partial charge in [0.25, 0.3) is 0 Å². The Bertz CT molecular complexity index is 902. The van der Waals surface area contributed by atoms with Gasteiger partial charge >= 0.3 is 5.63 Å². The van der Waals surface area contributed by atoms with Gasteiger partial charge in [-0.15, -0.1) is 0 Å². The molecule has 0 saturated carbocycles. The molecule has 4 N–H and O–H groups in total. The van der Waals surface area contributed by atoms with Gasteiger partial charge in [-0.25, -0.2) is 4.79 Å². The molecule has 1 aromatic heterocycles. The molecule has 5 heteroatoms. The van der Waals surface area contributed by atoms with Gasteiger partial charge in [-0.2, -0.15) is 0 Å². The number of phenols is 1. The second-order valence-corrected chi connectivity index (χ2v) is 5.83. The summed E-state index contributed by atoms with van der Waals surface area (Å²) >= 11 is 0. The summed E-state index contributed by atoms with van der Waals surface area (Å²) < 4.78 is 5.23. The van der Waals surface area contributed by atoms with E-state index in [1.807, 2.05) is 35.6 Å². The fourth-order valence-electron chi connectivity index (χ4n) is 2.79. The van der Waals surface area contributed by atoms with Crippen molar-refractivity contribution < 1.29 is 19.9 Å². The van der Waals surface area contributed by atoms with E-state index in [4.69, 9.17) is 4.42 Å². The van der Waals surface area contributed by atoms with Gasteiger partial charge in [0.2, 0.25) is 0 Å². The highest BCUT2D eigenvalue weighted by Gasteiger charge is 2.13. The molecule has 3 aromatic rings. The maximum atomic E-state index is 11.8. The Hall–Kier alpha value is -2.63. The number of aryl methyl sites for hydroxylation is 1. The molecule has 0 radical (unpaired) electrons. The molecular weight excluding hydrogens is 306 g/mol. The minimum absolute atomic E-state index is 0.103. The molecule has 124 valence electrons. The molecule has 5 nitrogen and oxygen atoms in total. The first kappa shape index (κ1) is 16.2. The second-order valence-electron chi connectivity index (χ2n) is 5.83. The summed E-state index contributed by atoms with van der Waals surface area (Å²) in [7, 11) is 0. The Morgan fingerprint density at radius 3 is 2.67 bits per heavy atom. The molecule has 0 unspecified atom stereocenters. The molecule has 0 spiro atoms. The zero-order valence-corrected chi connectivity index (χ0v) is 13.4. The molecule has 0 fully saturated rings. The summed E-state index contributed by atoms with van der Waals surface area (Å²) in [6, 6.07) is 14.3. The fourth-order valence-corrected chi connectivity index (χ4v) is 2.79. The molecule has 0 aliphatic carbocycles. The van der Waals surface area contributed by atoms with Crippen molar-refractivity contribution in [1.82, 2.24) is 0 Å². The zero-order chi connectivity index (χ0) is 17.1. The summed E-state index contributed by atoms with van der Waals surface area (Å²) in [5.74, 6) is 0.103. The lowest BCUT2D eigenvalue weighted by Crippen LogP contribution is -2.83. The van der Waals surface area contributed by atoms with Crippen LogP contribution >= 0.6 is 0 Å².